The standard InChI is InChI=1S/C22H25F4N5O2/c23-17-18(28-12-21(20(27)32)7-1-2-8-21)29-13-30-19(17)31-9-10-33-11-16(31)14-3-5-15(6-4-14)22(24,25)26/h3-6,13,16H,1-2,7-12H2,(H2,27,32)(H,28,29,30). The van der Waals surface area contributed by atoms with E-state index in [4.69, 9.17) is 10.5 Å². The quantitative estimate of drug-likeness (QED) is 0.630. The lowest BCUT2D eigenvalue weighted by atomic mass is 9.85. The van der Waals surface area contributed by atoms with Crippen molar-refractivity contribution in [3.05, 3.63) is 47.5 Å². The first-order valence-electron chi connectivity index (χ1n) is 10.8. The molecule has 0 radical (unpaired) electrons. The van der Waals surface area contributed by atoms with Crippen LogP contribution < -0.4 is 16.0 Å². The molecule has 1 aliphatic carbocycles. The van der Waals surface area contributed by atoms with Gasteiger partial charge in [0.25, 0.3) is 0 Å². The van der Waals surface area contributed by atoms with Crippen LogP contribution in [-0.4, -0.2) is 42.2 Å². The summed E-state index contributed by atoms with van der Waals surface area (Å²) in [4.78, 5) is 21.7. The minimum Gasteiger partial charge on any atom is -0.377 e. The number of amides is 1. The molecule has 2 fully saturated rings. The number of nitrogens with two attached hydrogens (primary N) is 1. The minimum atomic E-state index is -4.44. The van der Waals surface area contributed by atoms with Gasteiger partial charge in [0, 0.05) is 13.1 Å². The molecule has 11 heteroatoms. The summed E-state index contributed by atoms with van der Waals surface area (Å²) in [6.07, 6.45) is -0.202. The molecule has 2 aromatic rings. The number of primary amides is 1. The monoisotopic (exact) mass is 467 g/mol. The van der Waals surface area contributed by atoms with Gasteiger partial charge in [-0.05, 0) is 30.5 Å². The van der Waals surface area contributed by atoms with E-state index >= 15 is 4.39 Å². The van der Waals surface area contributed by atoms with Gasteiger partial charge in [0.15, 0.2) is 11.6 Å². The van der Waals surface area contributed by atoms with Gasteiger partial charge in [-0.2, -0.15) is 17.6 Å². The van der Waals surface area contributed by atoms with Gasteiger partial charge in [-0.15, -0.1) is 0 Å². The lowest BCUT2D eigenvalue weighted by molar-refractivity contribution is -0.137. The smallest absolute Gasteiger partial charge is 0.377 e. The lowest BCUT2D eigenvalue weighted by Gasteiger charge is -2.37. The Morgan fingerprint density at radius 3 is 2.55 bits per heavy atom. The molecule has 1 saturated carbocycles. The topological polar surface area (TPSA) is 93.4 Å². The fourth-order valence-electron chi connectivity index (χ4n) is 4.53. The summed E-state index contributed by atoms with van der Waals surface area (Å²) >= 11 is 0. The summed E-state index contributed by atoms with van der Waals surface area (Å²) in [5, 5.41) is 2.93. The number of halogens is 4. The van der Waals surface area contributed by atoms with Crippen LogP contribution in [0.2, 0.25) is 0 Å². The van der Waals surface area contributed by atoms with Gasteiger partial charge in [-0.25, -0.2) is 9.97 Å². The fraction of sp³-hybridized carbons (Fsp3) is 0.500. The highest BCUT2D eigenvalue weighted by atomic mass is 19.4. The van der Waals surface area contributed by atoms with Crippen molar-refractivity contribution >= 4 is 17.5 Å². The third-order valence-corrected chi connectivity index (χ3v) is 6.47. The summed E-state index contributed by atoms with van der Waals surface area (Å²) in [7, 11) is 0. The Labute approximate surface area is 188 Å². The highest BCUT2D eigenvalue weighted by molar-refractivity contribution is 5.81. The summed E-state index contributed by atoms with van der Waals surface area (Å²) < 4.78 is 59.7. The number of morpholine rings is 1. The van der Waals surface area contributed by atoms with E-state index in [1.165, 1.54) is 18.5 Å². The van der Waals surface area contributed by atoms with E-state index in [-0.39, 0.29) is 24.8 Å². The lowest BCUT2D eigenvalue weighted by Crippen LogP contribution is -2.41. The van der Waals surface area contributed by atoms with Gasteiger partial charge in [-0.3, -0.25) is 4.79 Å². The Kier molecular flexibility index (Phi) is 6.42. The molecule has 1 unspecified atom stereocenters. The molecule has 4 rings (SSSR count). The van der Waals surface area contributed by atoms with Gasteiger partial charge in [0.1, 0.15) is 6.33 Å². The van der Waals surface area contributed by atoms with Gasteiger partial charge in [0.05, 0.1) is 30.2 Å². The first-order valence-corrected chi connectivity index (χ1v) is 10.8. The normalized spacial score (nSPS) is 20.6. The third kappa shape index (κ3) is 4.73. The molecule has 7 nitrogen and oxygen atoms in total. The molecule has 1 aliphatic heterocycles. The molecule has 0 spiro atoms. The van der Waals surface area contributed by atoms with Crippen LogP contribution in [0.1, 0.15) is 42.9 Å². The van der Waals surface area contributed by atoms with Crippen molar-refractivity contribution < 1.29 is 27.1 Å². The molecule has 0 bridgehead atoms. The molecular weight excluding hydrogens is 442 g/mol. The number of benzene rings is 1. The number of aromatic nitrogens is 2. The van der Waals surface area contributed by atoms with Crippen molar-refractivity contribution in [3.8, 4) is 0 Å². The van der Waals surface area contributed by atoms with Crippen LogP contribution in [-0.2, 0) is 15.7 Å². The minimum absolute atomic E-state index is 0.0141. The molecule has 2 heterocycles. The summed E-state index contributed by atoms with van der Waals surface area (Å²) in [6, 6.07) is 4.20. The molecular formula is C22H25F4N5O2. The van der Waals surface area contributed by atoms with Crippen molar-refractivity contribution in [1.82, 2.24) is 9.97 Å². The predicted molar refractivity (Wildman–Crippen MR) is 113 cm³/mol. The molecule has 1 atom stereocenters. The number of hydrogen-bond acceptors (Lipinski definition) is 6. The van der Waals surface area contributed by atoms with Crippen molar-refractivity contribution in [2.45, 2.75) is 37.9 Å². The second kappa shape index (κ2) is 9.12. The summed E-state index contributed by atoms with van der Waals surface area (Å²) in [5.74, 6) is -1.16. The number of alkyl halides is 3. The molecule has 1 saturated heterocycles. The molecule has 1 amide bonds. The number of nitrogens with zero attached hydrogens (tertiary/aromatic N) is 3. The van der Waals surface area contributed by atoms with E-state index in [1.54, 1.807) is 4.90 Å². The SMILES string of the molecule is NC(=O)C1(CNc2ncnc(N3CCOCC3c3ccc(C(F)(F)F)cc3)c2F)CCCC1. The maximum Gasteiger partial charge on any atom is 0.416 e. The Morgan fingerprint density at radius 1 is 1.21 bits per heavy atom. The van der Waals surface area contributed by atoms with E-state index in [2.05, 4.69) is 15.3 Å². The number of nitrogens with one attached hydrogen (secondary N) is 1. The van der Waals surface area contributed by atoms with Crippen LogP contribution >= 0.6 is 0 Å². The van der Waals surface area contributed by atoms with E-state index in [1.807, 2.05) is 0 Å². The maximum atomic E-state index is 15.4. The second-order valence-electron chi connectivity index (χ2n) is 8.47. The van der Waals surface area contributed by atoms with Crippen molar-refractivity contribution in [2.24, 2.45) is 11.1 Å². The van der Waals surface area contributed by atoms with Gasteiger partial charge < -0.3 is 20.7 Å². The third-order valence-electron chi connectivity index (χ3n) is 6.47. The van der Waals surface area contributed by atoms with E-state index in [9.17, 15) is 18.0 Å². The van der Waals surface area contributed by atoms with Crippen molar-refractivity contribution in [3.63, 3.8) is 0 Å². The summed E-state index contributed by atoms with van der Waals surface area (Å²) in [6.45, 7) is 0.946. The average Bonchev–Trinajstić information content (AvgIpc) is 3.28. The molecule has 1 aromatic heterocycles. The number of rotatable bonds is 6. The zero-order valence-corrected chi connectivity index (χ0v) is 17.9. The molecule has 33 heavy (non-hydrogen) atoms. The molecule has 2 aliphatic rings. The van der Waals surface area contributed by atoms with Crippen LogP contribution in [0.25, 0.3) is 0 Å². The van der Waals surface area contributed by atoms with Crippen LogP contribution in [0.4, 0.5) is 29.2 Å². The first-order chi connectivity index (χ1) is 15.7. The Balaban J connectivity index is 1.57. The Bertz CT molecular complexity index is 993. The van der Waals surface area contributed by atoms with Crippen LogP contribution in [0.5, 0.6) is 0 Å². The van der Waals surface area contributed by atoms with E-state index in [0.29, 0.717) is 31.6 Å². The number of carbonyl (C=O) groups excluding carboxylic acids is 1. The molecule has 178 valence electrons. The highest BCUT2D eigenvalue weighted by Crippen LogP contribution is 2.39. The predicted octanol–water partition coefficient (Wildman–Crippen LogP) is 3.67. The number of hydrogen-bond donors (Lipinski definition) is 2. The maximum absolute atomic E-state index is 15.4. The Morgan fingerprint density at radius 2 is 1.91 bits per heavy atom. The first kappa shape index (κ1) is 23.2. The van der Waals surface area contributed by atoms with Crippen LogP contribution in [0, 0.1) is 11.2 Å². The van der Waals surface area contributed by atoms with Gasteiger partial charge >= 0.3 is 6.18 Å². The number of anilines is 2. The van der Waals surface area contributed by atoms with Gasteiger partial charge in [-0.1, -0.05) is 25.0 Å². The Hall–Kier alpha value is -2.95. The number of ether oxygens (including phenoxy) is 1. The average molecular weight is 467 g/mol. The van der Waals surface area contributed by atoms with Crippen molar-refractivity contribution in [2.75, 3.05) is 36.5 Å². The van der Waals surface area contributed by atoms with E-state index in [0.717, 1.165) is 25.0 Å². The summed E-state index contributed by atoms with van der Waals surface area (Å²) in [5.41, 5.74) is 4.66. The second-order valence-corrected chi connectivity index (χ2v) is 8.47. The van der Waals surface area contributed by atoms with Crippen LogP contribution in [0.3, 0.4) is 0 Å². The highest BCUT2D eigenvalue weighted by Gasteiger charge is 2.40. The number of carbonyl (C=O) groups is 1. The van der Waals surface area contributed by atoms with Gasteiger partial charge in [0.2, 0.25) is 11.7 Å². The van der Waals surface area contributed by atoms with E-state index < -0.39 is 34.9 Å². The van der Waals surface area contributed by atoms with Crippen LogP contribution in [0.15, 0.2) is 30.6 Å². The fourth-order valence-corrected chi connectivity index (χ4v) is 4.53. The van der Waals surface area contributed by atoms with Crippen molar-refractivity contribution in [1.29, 1.82) is 0 Å². The molecule has 3 N–H and O–H groups in total. The zero-order valence-electron chi connectivity index (χ0n) is 17.9. The largest absolute Gasteiger partial charge is 0.416 e. The zero-order chi connectivity index (χ0) is 23.6. The molecule has 1 aromatic carbocycles.